The van der Waals surface area contributed by atoms with Crippen molar-refractivity contribution in [3.8, 4) is 0 Å². The third kappa shape index (κ3) is 3.12. The van der Waals surface area contributed by atoms with Gasteiger partial charge in [-0.1, -0.05) is 11.6 Å². The third-order valence-corrected chi connectivity index (χ3v) is 2.11. The Kier molecular flexibility index (Phi) is 4.62. The maximum absolute atomic E-state index is 5.89. The van der Waals surface area contributed by atoms with Crippen LogP contribution in [-0.2, 0) is 4.74 Å². The first-order chi connectivity index (χ1) is 6.75. The Morgan fingerprint density at radius 1 is 1.43 bits per heavy atom. The van der Waals surface area contributed by atoms with Gasteiger partial charge in [0.15, 0.2) is 11.0 Å². The summed E-state index contributed by atoms with van der Waals surface area (Å²) < 4.78 is 4.96. The summed E-state index contributed by atoms with van der Waals surface area (Å²) >= 11 is 5.89. The summed E-state index contributed by atoms with van der Waals surface area (Å²) in [6, 6.07) is 0. The van der Waals surface area contributed by atoms with E-state index in [0.717, 1.165) is 19.6 Å². The van der Waals surface area contributed by atoms with Crippen molar-refractivity contribution in [3.63, 3.8) is 0 Å². The molecule has 0 saturated heterocycles. The number of nitrogens with zero attached hydrogens (tertiary/aromatic N) is 3. The molecule has 0 aliphatic heterocycles. The van der Waals surface area contributed by atoms with Crippen LogP contribution in [0.5, 0.6) is 0 Å². The predicted octanol–water partition coefficient (Wildman–Crippen LogP) is 1.60. The molecule has 0 saturated carbocycles. The zero-order valence-corrected chi connectivity index (χ0v) is 9.16. The molecule has 14 heavy (non-hydrogen) atoms. The highest BCUT2D eigenvalue weighted by molar-refractivity contribution is 6.31. The van der Waals surface area contributed by atoms with Crippen molar-refractivity contribution in [2.75, 3.05) is 32.2 Å². The van der Waals surface area contributed by atoms with E-state index in [1.165, 1.54) is 0 Å². The lowest BCUT2D eigenvalue weighted by Crippen LogP contribution is -2.21. The number of ether oxygens (including phenoxy) is 1. The molecule has 0 radical (unpaired) electrons. The standard InChI is InChI=1S/C9H14ClN3O/c1-13(6-3-7-14-2)9-8(10)11-4-5-12-9/h4-5H,3,6-7H2,1-2H3. The van der Waals surface area contributed by atoms with Crippen LogP contribution in [0.15, 0.2) is 12.4 Å². The van der Waals surface area contributed by atoms with Crippen molar-refractivity contribution in [2.24, 2.45) is 0 Å². The lowest BCUT2D eigenvalue weighted by Gasteiger charge is -2.17. The van der Waals surface area contributed by atoms with Gasteiger partial charge in [-0.2, -0.15) is 0 Å². The number of hydrogen-bond acceptors (Lipinski definition) is 4. The second-order valence-corrected chi connectivity index (χ2v) is 3.30. The van der Waals surface area contributed by atoms with Crippen molar-refractivity contribution >= 4 is 17.4 Å². The van der Waals surface area contributed by atoms with E-state index < -0.39 is 0 Å². The summed E-state index contributed by atoms with van der Waals surface area (Å²) in [6.07, 6.45) is 4.16. The number of halogens is 1. The normalized spacial score (nSPS) is 10.2. The summed E-state index contributed by atoms with van der Waals surface area (Å²) in [7, 11) is 3.63. The number of anilines is 1. The van der Waals surface area contributed by atoms with Crippen LogP contribution in [0.1, 0.15) is 6.42 Å². The highest BCUT2D eigenvalue weighted by atomic mass is 35.5. The molecular formula is C9H14ClN3O. The molecule has 1 aromatic heterocycles. The Morgan fingerprint density at radius 2 is 2.14 bits per heavy atom. The van der Waals surface area contributed by atoms with Gasteiger partial charge in [0.2, 0.25) is 0 Å². The molecular weight excluding hydrogens is 202 g/mol. The fourth-order valence-electron chi connectivity index (χ4n) is 1.12. The van der Waals surface area contributed by atoms with Crippen LogP contribution in [0.4, 0.5) is 5.82 Å². The van der Waals surface area contributed by atoms with Crippen LogP contribution in [0.3, 0.4) is 0 Å². The molecule has 5 heteroatoms. The van der Waals surface area contributed by atoms with E-state index in [-0.39, 0.29) is 0 Å². The van der Waals surface area contributed by atoms with Crippen molar-refractivity contribution in [2.45, 2.75) is 6.42 Å². The summed E-state index contributed by atoms with van der Waals surface area (Å²) in [6.45, 7) is 1.59. The lowest BCUT2D eigenvalue weighted by atomic mass is 10.4. The highest BCUT2D eigenvalue weighted by Crippen LogP contribution is 2.17. The van der Waals surface area contributed by atoms with E-state index in [1.54, 1.807) is 19.5 Å². The van der Waals surface area contributed by atoms with Gasteiger partial charge in [0.1, 0.15) is 0 Å². The smallest absolute Gasteiger partial charge is 0.171 e. The zero-order valence-electron chi connectivity index (χ0n) is 8.40. The van der Waals surface area contributed by atoms with Gasteiger partial charge in [0, 0.05) is 39.7 Å². The Labute approximate surface area is 88.9 Å². The van der Waals surface area contributed by atoms with Crippen molar-refractivity contribution < 1.29 is 4.74 Å². The molecule has 0 spiro atoms. The average Bonchev–Trinajstić information content (AvgIpc) is 2.18. The predicted molar refractivity (Wildman–Crippen MR) is 56.8 cm³/mol. The average molecular weight is 216 g/mol. The lowest BCUT2D eigenvalue weighted by molar-refractivity contribution is 0.196. The number of rotatable bonds is 5. The highest BCUT2D eigenvalue weighted by Gasteiger charge is 2.06. The minimum atomic E-state index is 0.437. The van der Waals surface area contributed by atoms with E-state index in [2.05, 4.69) is 9.97 Å². The Balaban J connectivity index is 2.51. The quantitative estimate of drug-likeness (QED) is 0.700. The molecule has 0 amide bonds. The maximum Gasteiger partial charge on any atom is 0.171 e. The number of methoxy groups -OCH3 is 1. The fourth-order valence-corrected chi connectivity index (χ4v) is 1.37. The van der Waals surface area contributed by atoms with Gasteiger partial charge in [0.25, 0.3) is 0 Å². The van der Waals surface area contributed by atoms with Crippen LogP contribution in [-0.4, -0.2) is 37.3 Å². The van der Waals surface area contributed by atoms with Gasteiger partial charge in [0.05, 0.1) is 0 Å². The Hall–Kier alpha value is -0.870. The summed E-state index contributed by atoms with van der Waals surface area (Å²) in [5, 5.41) is 0.437. The fraction of sp³-hybridized carbons (Fsp3) is 0.556. The van der Waals surface area contributed by atoms with Gasteiger partial charge < -0.3 is 9.64 Å². The van der Waals surface area contributed by atoms with E-state index in [9.17, 15) is 0 Å². The minimum absolute atomic E-state index is 0.437. The Morgan fingerprint density at radius 3 is 2.79 bits per heavy atom. The molecule has 4 nitrogen and oxygen atoms in total. The summed E-state index contributed by atoms with van der Waals surface area (Å²) in [4.78, 5) is 10.1. The molecule has 0 N–H and O–H groups in total. The molecule has 1 aromatic rings. The van der Waals surface area contributed by atoms with Crippen molar-refractivity contribution in [3.05, 3.63) is 17.5 Å². The molecule has 0 unspecified atom stereocenters. The van der Waals surface area contributed by atoms with Gasteiger partial charge in [-0.25, -0.2) is 9.97 Å². The molecule has 1 heterocycles. The van der Waals surface area contributed by atoms with Gasteiger partial charge in [-0.05, 0) is 6.42 Å². The van der Waals surface area contributed by atoms with E-state index in [0.29, 0.717) is 11.0 Å². The van der Waals surface area contributed by atoms with Crippen LogP contribution in [0.25, 0.3) is 0 Å². The van der Waals surface area contributed by atoms with Gasteiger partial charge in [-0.3, -0.25) is 0 Å². The van der Waals surface area contributed by atoms with Crippen LogP contribution in [0.2, 0.25) is 5.15 Å². The SMILES string of the molecule is COCCCN(C)c1nccnc1Cl. The summed E-state index contributed by atoms with van der Waals surface area (Å²) in [5.74, 6) is 0.713. The van der Waals surface area contributed by atoms with Crippen molar-refractivity contribution in [1.29, 1.82) is 0 Å². The van der Waals surface area contributed by atoms with Gasteiger partial charge >= 0.3 is 0 Å². The number of aromatic nitrogens is 2. The minimum Gasteiger partial charge on any atom is -0.385 e. The maximum atomic E-state index is 5.89. The summed E-state index contributed by atoms with van der Waals surface area (Å²) in [5.41, 5.74) is 0. The number of hydrogen-bond donors (Lipinski definition) is 0. The molecule has 0 atom stereocenters. The zero-order chi connectivity index (χ0) is 10.4. The van der Waals surface area contributed by atoms with Crippen molar-refractivity contribution in [1.82, 2.24) is 9.97 Å². The molecule has 0 aliphatic carbocycles. The van der Waals surface area contributed by atoms with Crippen LogP contribution < -0.4 is 4.90 Å². The van der Waals surface area contributed by atoms with E-state index >= 15 is 0 Å². The first kappa shape index (κ1) is 11.2. The van der Waals surface area contributed by atoms with Gasteiger partial charge in [-0.15, -0.1) is 0 Å². The van der Waals surface area contributed by atoms with Crippen LogP contribution in [0, 0.1) is 0 Å². The van der Waals surface area contributed by atoms with E-state index in [1.807, 2.05) is 11.9 Å². The molecule has 0 fully saturated rings. The van der Waals surface area contributed by atoms with Crippen LogP contribution >= 0.6 is 11.6 Å². The molecule has 1 rings (SSSR count). The first-order valence-electron chi connectivity index (χ1n) is 4.42. The van der Waals surface area contributed by atoms with E-state index in [4.69, 9.17) is 16.3 Å². The largest absolute Gasteiger partial charge is 0.385 e. The second-order valence-electron chi connectivity index (χ2n) is 2.94. The molecule has 0 aromatic carbocycles. The first-order valence-corrected chi connectivity index (χ1v) is 4.80. The molecule has 78 valence electrons. The topological polar surface area (TPSA) is 38.2 Å². The monoisotopic (exact) mass is 215 g/mol. The third-order valence-electron chi connectivity index (χ3n) is 1.84. The second kappa shape index (κ2) is 5.78. The molecule has 0 bridgehead atoms. The Bertz CT molecular complexity index is 283. The molecule has 0 aliphatic rings.